The Morgan fingerprint density at radius 3 is 2.53 bits per heavy atom. The van der Waals surface area contributed by atoms with Crippen LogP contribution in [0.2, 0.25) is 0 Å². The molecule has 0 atom stereocenters. The van der Waals surface area contributed by atoms with Gasteiger partial charge in [0.05, 0.1) is 0 Å². The molecule has 1 rings (SSSR count). The fraction of sp³-hybridized carbons (Fsp3) is 0.562. The number of carbonyl (C=O) groups excluding carboxylic acids is 1. The number of unbranched alkanes of at least 4 members (excludes halogenated alkanes) is 5. The van der Waals surface area contributed by atoms with E-state index in [9.17, 15) is 4.79 Å². The summed E-state index contributed by atoms with van der Waals surface area (Å²) < 4.78 is 0. The van der Waals surface area contributed by atoms with E-state index in [-0.39, 0.29) is 5.91 Å². The van der Waals surface area contributed by atoms with Crippen molar-refractivity contribution in [2.45, 2.75) is 57.2 Å². The maximum atomic E-state index is 11.8. The number of rotatable bonds is 9. The lowest BCUT2D eigenvalue weighted by Gasteiger charge is -2.09. The molecule has 1 aromatic rings. The zero-order chi connectivity index (χ0) is 13.9. The number of benzene rings is 1. The van der Waals surface area contributed by atoms with Crippen molar-refractivity contribution < 1.29 is 4.79 Å². The van der Waals surface area contributed by atoms with Crippen LogP contribution in [-0.4, -0.2) is 5.91 Å². The standard InChI is InChI=1S/C16H24BrNO/c1-2-3-4-5-6-7-12-16(19)18-15-11-9-8-10-14(15)13-17/h8-11H,2-7,12-13H2,1H3,(H,18,19). The summed E-state index contributed by atoms with van der Waals surface area (Å²) in [5.41, 5.74) is 2.05. The van der Waals surface area contributed by atoms with Gasteiger partial charge in [0.15, 0.2) is 0 Å². The van der Waals surface area contributed by atoms with Crippen molar-refractivity contribution in [3.8, 4) is 0 Å². The molecule has 0 aromatic heterocycles. The molecule has 0 aliphatic heterocycles. The number of halogens is 1. The number of nitrogens with one attached hydrogen (secondary N) is 1. The van der Waals surface area contributed by atoms with Gasteiger partial charge in [-0.1, -0.05) is 73.2 Å². The molecule has 1 amide bonds. The number of hydrogen-bond acceptors (Lipinski definition) is 1. The van der Waals surface area contributed by atoms with Crippen molar-refractivity contribution in [3.05, 3.63) is 29.8 Å². The smallest absolute Gasteiger partial charge is 0.224 e. The molecule has 3 heteroatoms. The first-order valence-corrected chi connectivity index (χ1v) is 8.33. The van der Waals surface area contributed by atoms with Crippen LogP contribution >= 0.6 is 15.9 Å². The number of para-hydroxylation sites is 1. The van der Waals surface area contributed by atoms with Crippen LogP contribution in [0, 0.1) is 0 Å². The molecule has 0 saturated carbocycles. The van der Waals surface area contributed by atoms with Crippen LogP contribution in [0.25, 0.3) is 0 Å². The third-order valence-corrected chi connectivity index (χ3v) is 3.80. The number of alkyl halides is 1. The molecule has 0 saturated heterocycles. The average molecular weight is 326 g/mol. The second-order valence-corrected chi connectivity index (χ2v) is 5.42. The lowest BCUT2D eigenvalue weighted by Crippen LogP contribution is -2.12. The van der Waals surface area contributed by atoms with E-state index in [0.29, 0.717) is 6.42 Å². The van der Waals surface area contributed by atoms with E-state index in [1.165, 1.54) is 25.7 Å². The predicted molar refractivity (Wildman–Crippen MR) is 85.7 cm³/mol. The summed E-state index contributed by atoms with van der Waals surface area (Å²) in [6.07, 6.45) is 7.90. The Labute approximate surface area is 125 Å². The topological polar surface area (TPSA) is 29.1 Å². The van der Waals surface area contributed by atoms with Crippen LogP contribution in [0.1, 0.15) is 57.4 Å². The predicted octanol–water partition coefficient (Wildman–Crippen LogP) is 5.27. The van der Waals surface area contributed by atoms with Gasteiger partial charge in [-0.25, -0.2) is 0 Å². The molecule has 0 fully saturated rings. The van der Waals surface area contributed by atoms with Crippen molar-refractivity contribution in [3.63, 3.8) is 0 Å². The van der Waals surface area contributed by atoms with Gasteiger partial charge in [0, 0.05) is 17.4 Å². The first-order valence-electron chi connectivity index (χ1n) is 7.21. The van der Waals surface area contributed by atoms with Gasteiger partial charge >= 0.3 is 0 Å². The molecular formula is C16H24BrNO. The summed E-state index contributed by atoms with van der Waals surface area (Å²) in [5, 5.41) is 3.76. The van der Waals surface area contributed by atoms with Crippen LogP contribution in [0.15, 0.2) is 24.3 Å². The Bertz CT molecular complexity index is 379. The molecule has 0 bridgehead atoms. The van der Waals surface area contributed by atoms with E-state index >= 15 is 0 Å². The molecule has 0 heterocycles. The van der Waals surface area contributed by atoms with Crippen molar-refractivity contribution in [2.24, 2.45) is 0 Å². The highest BCUT2D eigenvalue weighted by molar-refractivity contribution is 9.08. The minimum Gasteiger partial charge on any atom is -0.326 e. The number of carbonyl (C=O) groups is 1. The minimum atomic E-state index is 0.129. The van der Waals surface area contributed by atoms with Crippen molar-refractivity contribution in [1.82, 2.24) is 0 Å². The van der Waals surface area contributed by atoms with Gasteiger partial charge in [-0.15, -0.1) is 0 Å². The van der Waals surface area contributed by atoms with Crippen LogP contribution < -0.4 is 5.32 Å². The maximum Gasteiger partial charge on any atom is 0.224 e. The highest BCUT2D eigenvalue weighted by Gasteiger charge is 2.05. The van der Waals surface area contributed by atoms with Gasteiger partial charge in [-0.3, -0.25) is 4.79 Å². The average Bonchev–Trinajstić information content (AvgIpc) is 2.43. The van der Waals surface area contributed by atoms with Gasteiger partial charge in [0.1, 0.15) is 0 Å². The van der Waals surface area contributed by atoms with Crippen molar-refractivity contribution in [1.29, 1.82) is 0 Å². The monoisotopic (exact) mass is 325 g/mol. The minimum absolute atomic E-state index is 0.129. The highest BCUT2D eigenvalue weighted by atomic mass is 79.9. The van der Waals surface area contributed by atoms with Gasteiger partial charge in [0.25, 0.3) is 0 Å². The third kappa shape index (κ3) is 6.76. The van der Waals surface area contributed by atoms with E-state index in [1.807, 2.05) is 24.3 Å². The highest BCUT2D eigenvalue weighted by Crippen LogP contribution is 2.18. The van der Waals surface area contributed by atoms with E-state index < -0.39 is 0 Å². The molecule has 0 aliphatic rings. The number of hydrogen-bond donors (Lipinski definition) is 1. The lowest BCUT2D eigenvalue weighted by atomic mass is 10.1. The Morgan fingerprint density at radius 2 is 1.79 bits per heavy atom. The van der Waals surface area contributed by atoms with Gasteiger partial charge < -0.3 is 5.32 Å². The fourth-order valence-corrected chi connectivity index (χ4v) is 2.53. The van der Waals surface area contributed by atoms with E-state index in [4.69, 9.17) is 0 Å². The number of amides is 1. The van der Waals surface area contributed by atoms with Crippen LogP contribution in [0.5, 0.6) is 0 Å². The molecule has 0 radical (unpaired) electrons. The molecule has 2 nitrogen and oxygen atoms in total. The lowest BCUT2D eigenvalue weighted by molar-refractivity contribution is -0.116. The molecular weight excluding hydrogens is 302 g/mol. The zero-order valence-corrected chi connectivity index (χ0v) is 13.3. The van der Waals surface area contributed by atoms with Gasteiger partial charge in [-0.05, 0) is 18.1 Å². The summed E-state index contributed by atoms with van der Waals surface area (Å²) in [6.45, 7) is 2.22. The van der Waals surface area contributed by atoms with Gasteiger partial charge in [-0.2, -0.15) is 0 Å². The molecule has 0 spiro atoms. The quantitative estimate of drug-likeness (QED) is 0.486. The summed E-state index contributed by atoms with van der Waals surface area (Å²) in [7, 11) is 0. The molecule has 0 aliphatic carbocycles. The van der Waals surface area contributed by atoms with Gasteiger partial charge in [0.2, 0.25) is 5.91 Å². The Hall–Kier alpha value is -0.830. The van der Waals surface area contributed by atoms with Crippen LogP contribution in [-0.2, 0) is 10.1 Å². The third-order valence-electron chi connectivity index (χ3n) is 3.19. The normalized spacial score (nSPS) is 10.4. The van der Waals surface area contributed by atoms with Crippen LogP contribution in [0.4, 0.5) is 5.69 Å². The summed E-state index contributed by atoms with van der Waals surface area (Å²) >= 11 is 3.43. The number of anilines is 1. The molecule has 1 N–H and O–H groups in total. The Kier molecular flexibility index (Phi) is 8.55. The maximum absolute atomic E-state index is 11.8. The fourth-order valence-electron chi connectivity index (χ4n) is 2.04. The zero-order valence-electron chi connectivity index (χ0n) is 11.8. The summed E-state index contributed by atoms with van der Waals surface area (Å²) in [6, 6.07) is 7.91. The second kappa shape index (κ2) is 10.0. The first-order chi connectivity index (χ1) is 9.27. The van der Waals surface area contributed by atoms with E-state index in [1.54, 1.807) is 0 Å². The summed E-state index contributed by atoms with van der Waals surface area (Å²) in [4.78, 5) is 11.8. The van der Waals surface area contributed by atoms with Crippen molar-refractivity contribution >= 4 is 27.5 Å². The second-order valence-electron chi connectivity index (χ2n) is 4.86. The molecule has 106 valence electrons. The molecule has 0 unspecified atom stereocenters. The Morgan fingerprint density at radius 1 is 1.11 bits per heavy atom. The molecule has 1 aromatic carbocycles. The van der Waals surface area contributed by atoms with Crippen molar-refractivity contribution in [2.75, 3.05) is 5.32 Å². The Balaban J connectivity index is 2.23. The largest absolute Gasteiger partial charge is 0.326 e. The molecule has 19 heavy (non-hydrogen) atoms. The van der Waals surface area contributed by atoms with Crippen LogP contribution in [0.3, 0.4) is 0 Å². The summed E-state index contributed by atoms with van der Waals surface area (Å²) in [5.74, 6) is 0.129. The van der Waals surface area contributed by atoms with E-state index in [0.717, 1.165) is 29.4 Å². The SMILES string of the molecule is CCCCCCCCC(=O)Nc1ccccc1CBr. The first kappa shape index (κ1) is 16.2. The van der Waals surface area contributed by atoms with E-state index in [2.05, 4.69) is 28.2 Å².